The molecule has 0 aromatic heterocycles. The summed E-state index contributed by atoms with van der Waals surface area (Å²) >= 11 is 0. The third-order valence-corrected chi connectivity index (χ3v) is 5.32. The van der Waals surface area contributed by atoms with Crippen molar-refractivity contribution in [1.82, 2.24) is 4.90 Å². The molecule has 1 saturated heterocycles. The summed E-state index contributed by atoms with van der Waals surface area (Å²) in [6, 6.07) is 15.1. The molecule has 2 aliphatic rings. The number of hydrogen-bond donors (Lipinski definition) is 1. The van der Waals surface area contributed by atoms with E-state index in [0.29, 0.717) is 43.1 Å². The van der Waals surface area contributed by atoms with Crippen molar-refractivity contribution in [3.05, 3.63) is 60.2 Å². The molecule has 0 aliphatic carbocycles. The number of benzene rings is 2. The van der Waals surface area contributed by atoms with Crippen LogP contribution in [0, 0.1) is 5.92 Å². The topological polar surface area (TPSA) is 67.9 Å². The molecule has 1 fully saturated rings. The Kier molecular flexibility index (Phi) is 5.48. The van der Waals surface area contributed by atoms with E-state index < -0.39 is 5.79 Å². The van der Waals surface area contributed by atoms with Gasteiger partial charge in [-0.05, 0) is 36.6 Å². The van der Waals surface area contributed by atoms with Crippen LogP contribution in [0.4, 0.5) is 5.69 Å². The lowest BCUT2D eigenvalue weighted by atomic mass is 9.95. The molecule has 30 heavy (non-hydrogen) atoms. The second kappa shape index (κ2) is 8.22. The van der Waals surface area contributed by atoms with Gasteiger partial charge in [0.15, 0.2) is 11.5 Å². The Balaban J connectivity index is 1.29. The Morgan fingerprint density at radius 2 is 1.73 bits per heavy atom. The fourth-order valence-corrected chi connectivity index (χ4v) is 3.74. The molecule has 0 atom stereocenters. The lowest BCUT2D eigenvalue weighted by Gasteiger charge is -2.30. The highest BCUT2D eigenvalue weighted by molar-refractivity contribution is 5.94. The third kappa shape index (κ3) is 4.64. The van der Waals surface area contributed by atoms with Crippen molar-refractivity contribution in [2.24, 2.45) is 5.92 Å². The van der Waals surface area contributed by atoms with Gasteiger partial charge in [-0.2, -0.15) is 0 Å². The molecule has 4 rings (SSSR count). The van der Waals surface area contributed by atoms with Crippen LogP contribution in [-0.2, 0) is 9.59 Å². The fraction of sp³-hybridized carbons (Fsp3) is 0.333. The molecule has 0 saturated carbocycles. The molecule has 2 amide bonds. The quantitative estimate of drug-likeness (QED) is 0.777. The van der Waals surface area contributed by atoms with E-state index in [-0.39, 0.29) is 17.7 Å². The largest absolute Gasteiger partial charge is 0.449 e. The number of fused-ring (bicyclic) bond motifs is 1. The highest BCUT2D eigenvalue weighted by Crippen LogP contribution is 2.40. The van der Waals surface area contributed by atoms with Gasteiger partial charge in [0, 0.05) is 50.7 Å². The van der Waals surface area contributed by atoms with Crippen molar-refractivity contribution in [2.75, 3.05) is 18.4 Å². The Labute approximate surface area is 176 Å². The molecule has 6 nitrogen and oxygen atoms in total. The van der Waals surface area contributed by atoms with Crippen molar-refractivity contribution in [3.63, 3.8) is 0 Å². The van der Waals surface area contributed by atoms with Gasteiger partial charge in [-0.1, -0.05) is 30.3 Å². The summed E-state index contributed by atoms with van der Waals surface area (Å²) in [5, 5.41) is 2.97. The Morgan fingerprint density at radius 1 is 1.03 bits per heavy atom. The predicted octanol–water partition coefficient (Wildman–Crippen LogP) is 4.08. The molecule has 6 heteroatoms. The van der Waals surface area contributed by atoms with Gasteiger partial charge in [0.1, 0.15) is 0 Å². The first-order chi connectivity index (χ1) is 14.4. The molecule has 1 N–H and O–H groups in total. The number of nitrogens with one attached hydrogen (secondary N) is 1. The molecule has 2 heterocycles. The van der Waals surface area contributed by atoms with E-state index in [9.17, 15) is 9.59 Å². The van der Waals surface area contributed by atoms with Gasteiger partial charge in [-0.15, -0.1) is 0 Å². The number of hydrogen-bond acceptors (Lipinski definition) is 4. The number of carbonyl (C=O) groups excluding carboxylic acids is 2. The lowest BCUT2D eigenvalue weighted by molar-refractivity contribution is -0.130. The van der Waals surface area contributed by atoms with Crippen molar-refractivity contribution < 1.29 is 19.1 Å². The summed E-state index contributed by atoms with van der Waals surface area (Å²) in [6.07, 6.45) is 4.72. The Bertz CT molecular complexity index is 960. The molecule has 0 spiro atoms. The first-order valence-corrected chi connectivity index (χ1v) is 10.2. The average molecular weight is 406 g/mol. The van der Waals surface area contributed by atoms with E-state index in [1.807, 2.05) is 56.3 Å². The predicted molar refractivity (Wildman–Crippen MR) is 115 cm³/mol. The first-order valence-electron chi connectivity index (χ1n) is 10.2. The van der Waals surface area contributed by atoms with Crippen LogP contribution in [0.3, 0.4) is 0 Å². The molecule has 0 bridgehead atoms. The van der Waals surface area contributed by atoms with Gasteiger partial charge >= 0.3 is 0 Å². The second-order valence-corrected chi connectivity index (χ2v) is 8.10. The Hall–Kier alpha value is -3.28. The maximum atomic E-state index is 12.7. The molecule has 0 unspecified atom stereocenters. The maximum Gasteiger partial charge on any atom is 0.246 e. The number of piperidine rings is 1. The van der Waals surface area contributed by atoms with Gasteiger partial charge in [-0.3, -0.25) is 9.59 Å². The van der Waals surface area contributed by atoms with E-state index >= 15 is 0 Å². The summed E-state index contributed by atoms with van der Waals surface area (Å²) in [7, 11) is 0. The number of nitrogens with zero attached hydrogens (tertiary/aromatic N) is 1. The molecule has 2 aromatic rings. The van der Waals surface area contributed by atoms with E-state index in [2.05, 4.69) is 5.32 Å². The van der Waals surface area contributed by atoms with Crippen LogP contribution in [0.5, 0.6) is 11.5 Å². The van der Waals surface area contributed by atoms with Crippen LogP contribution in [0.1, 0.15) is 32.3 Å². The molecular formula is C24H26N2O4. The zero-order valence-electron chi connectivity index (χ0n) is 17.3. The zero-order chi connectivity index (χ0) is 21.1. The van der Waals surface area contributed by atoms with Crippen LogP contribution in [0.2, 0.25) is 0 Å². The fourth-order valence-electron chi connectivity index (χ4n) is 3.74. The van der Waals surface area contributed by atoms with Gasteiger partial charge in [-0.25, -0.2) is 0 Å². The zero-order valence-corrected chi connectivity index (χ0v) is 17.3. The number of amides is 2. The summed E-state index contributed by atoms with van der Waals surface area (Å²) in [5.41, 5.74) is 1.68. The van der Waals surface area contributed by atoms with Crippen LogP contribution in [0.15, 0.2) is 54.6 Å². The van der Waals surface area contributed by atoms with E-state index in [4.69, 9.17) is 9.47 Å². The average Bonchev–Trinajstić information content (AvgIpc) is 3.06. The number of likely N-dealkylation sites (tertiary alicyclic amines) is 1. The number of ether oxygens (including phenoxy) is 2. The molecular weight excluding hydrogens is 380 g/mol. The number of anilines is 1. The van der Waals surface area contributed by atoms with Crippen LogP contribution >= 0.6 is 0 Å². The van der Waals surface area contributed by atoms with Crippen molar-refractivity contribution in [1.29, 1.82) is 0 Å². The number of carbonyl (C=O) groups is 2. The van der Waals surface area contributed by atoms with Gasteiger partial charge in [0.05, 0.1) is 0 Å². The summed E-state index contributed by atoms with van der Waals surface area (Å²) in [4.78, 5) is 26.9. The summed E-state index contributed by atoms with van der Waals surface area (Å²) in [6.45, 7) is 4.83. The van der Waals surface area contributed by atoms with Gasteiger partial charge in [0.2, 0.25) is 17.6 Å². The van der Waals surface area contributed by atoms with Crippen LogP contribution in [-0.4, -0.2) is 35.6 Å². The first kappa shape index (κ1) is 20.0. The smallest absolute Gasteiger partial charge is 0.246 e. The highest BCUT2D eigenvalue weighted by Gasteiger charge is 2.32. The van der Waals surface area contributed by atoms with E-state index in [1.165, 1.54) is 0 Å². The number of rotatable bonds is 4. The van der Waals surface area contributed by atoms with Crippen molar-refractivity contribution in [2.45, 2.75) is 32.5 Å². The minimum Gasteiger partial charge on any atom is -0.449 e. The highest BCUT2D eigenvalue weighted by atomic mass is 16.7. The van der Waals surface area contributed by atoms with Crippen molar-refractivity contribution >= 4 is 23.6 Å². The lowest BCUT2D eigenvalue weighted by Crippen LogP contribution is -2.40. The third-order valence-electron chi connectivity index (χ3n) is 5.32. The van der Waals surface area contributed by atoms with Gasteiger partial charge < -0.3 is 19.7 Å². The molecule has 156 valence electrons. The summed E-state index contributed by atoms with van der Waals surface area (Å²) in [5.74, 6) is 0.446. The van der Waals surface area contributed by atoms with Crippen LogP contribution in [0.25, 0.3) is 6.08 Å². The van der Waals surface area contributed by atoms with Crippen molar-refractivity contribution in [3.8, 4) is 11.5 Å². The molecule has 0 radical (unpaired) electrons. The van der Waals surface area contributed by atoms with E-state index in [0.717, 1.165) is 5.56 Å². The molecule has 2 aromatic carbocycles. The standard InChI is InChI=1S/C24H26N2O4/c1-24(2)29-20-10-9-19(16-21(20)30-24)25-23(28)18-12-14-26(15-13-18)22(27)11-8-17-6-4-3-5-7-17/h3-11,16,18H,12-15H2,1-2H3,(H,25,28). The van der Waals surface area contributed by atoms with Crippen LogP contribution < -0.4 is 14.8 Å². The minimum absolute atomic E-state index is 0.0175. The Morgan fingerprint density at radius 3 is 2.47 bits per heavy atom. The minimum atomic E-state index is -0.695. The molecule has 2 aliphatic heterocycles. The summed E-state index contributed by atoms with van der Waals surface area (Å²) < 4.78 is 11.4. The van der Waals surface area contributed by atoms with E-state index in [1.54, 1.807) is 23.1 Å². The normalized spacial score (nSPS) is 17.9. The SMILES string of the molecule is CC1(C)Oc2ccc(NC(=O)C3CCN(C(=O)C=Cc4ccccc4)CC3)cc2O1. The monoisotopic (exact) mass is 406 g/mol. The maximum absolute atomic E-state index is 12.7. The second-order valence-electron chi connectivity index (χ2n) is 8.10. The van der Waals surface area contributed by atoms with Gasteiger partial charge in [0.25, 0.3) is 0 Å².